The van der Waals surface area contributed by atoms with Crippen LogP contribution >= 0.6 is 0 Å². The van der Waals surface area contributed by atoms with Gasteiger partial charge in [-0.3, -0.25) is 0 Å². The SMILES string of the molecule is CC(C)(C)OC(=O)N1CC[C@H](C[SiH3])C1. The van der Waals surface area contributed by atoms with Crippen molar-refractivity contribution in [3.05, 3.63) is 0 Å². The van der Waals surface area contributed by atoms with E-state index in [1.165, 1.54) is 16.3 Å². The van der Waals surface area contributed by atoms with Gasteiger partial charge in [-0.15, -0.1) is 0 Å². The Bertz CT molecular complexity index is 213. The van der Waals surface area contributed by atoms with Crippen molar-refractivity contribution in [1.29, 1.82) is 0 Å². The third kappa shape index (κ3) is 3.33. The molecule has 0 aromatic rings. The summed E-state index contributed by atoms with van der Waals surface area (Å²) in [6.45, 7) is 7.50. The minimum absolute atomic E-state index is 0.143. The molecule has 1 fully saturated rings. The highest BCUT2D eigenvalue weighted by Gasteiger charge is 2.28. The number of hydrogen-bond acceptors (Lipinski definition) is 2. The molecule has 14 heavy (non-hydrogen) atoms. The van der Waals surface area contributed by atoms with Crippen molar-refractivity contribution < 1.29 is 9.53 Å². The Morgan fingerprint density at radius 2 is 2.21 bits per heavy atom. The standard InChI is InChI=1S/C10H21NO2Si/c1-10(2,3)13-9(12)11-5-4-8(6-11)7-14/h8H,4-7H2,1-3,14H3/t8-/m0/s1. The van der Waals surface area contributed by atoms with E-state index in [1.807, 2.05) is 25.7 Å². The molecule has 0 unspecified atom stereocenters. The summed E-state index contributed by atoms with van der Waals surface area (Å²) >= 11 is 0. The molecule has 82 valence electrons. The molecule has 0 radical (unpaired) electrons. The van der Waals surface area contributed by atoms with E-state index in [4.69, 9.17) is 4.74 Å². The normalized spacial score (nSPS) is 22.8. The minimum atomic E-state index is -0.365. The molecule has 1 atom stereocenters. The third-order valence-corrected chi connectivity index (χ3v) is 3.67. The summed E-state index contributed by atoms with van der Waals surface area (Å²) in [7, 11) is 1.23. The first kappa shape index (κ1) is 11.6. The first-order chi connectivity index (χ1) is 6.42. The molecule has 4 heteroatoms. The molecule has 0 spiro atoms. The van der Waals surface area contributed by atoms with Gasteiger partial charge in [0, 0.05) is 23.3 Å². The van der Waals surface area contributed by atoms with Crippen molar-refractivity contribution in [1.82, 2.24) is 4.90 Å². The van der Waals surface area contributed by atoms with Crippen molar-refractivity contribution >= 4 is 16.3 Å². The van der Waals surface area contributed by atoms with Crippen LogP contribution in [0.1, 0.15) is 27.2 Å². The first-order valence-electron chi connectivity index (χ1n) is 5.40. The lowest BCUT2D eigenvalue weighted by Gasteiger charge is -2.24. The molecule has 1 rings (SSSR count). The number of hydrogen-bond donors (Lipinski definition) is 0. The van der Waals surface area contributed by atoms with Crippen LogP contribution in [0.3, 0.4) is 0 Å². The summed E-state index contributed by atoms with van der Waals surface area (Å²) in [5, 5.41) is 0. The maximum Gasteiger partial charge on any atom is 0.410 e. The molecule has 3 nitrogen and oxygen atoms in total. The molecule has 1 heterocycles. The van der Waals surface area contributed by atoms with Crippen LogP contribution in [0.5, 0.6) is 0 Å². The van der Waals surface area contributed by atoms with E-state index in [-0.39, 0.29) is 11.7 Å². The molecule has 0 aromatic carbocycles. The van der Waals surface area contributed by atoms with Gasteiger partial charge in [-0.2, -0.15) is 0 Å². The van der Waals surface area contributed by atoms with Crippen molar-refractivity contribution in [3.8, 4) is 0 Å². The highest BCUT2D eigenvalue weighted by molar-refractivity contribution is 6.08. The Morgan fingerprint density at radius 3 is 2.64 bits per heavy atom. The number of carbonyl (C=O) groups is 1. The lowest BCUT2D eigenvalue weighted by molar-refractivity contribution is 0.0289. The van der Waals surface area contributed by atoms with Crippen molar-refractivity contribution in [3.63, 3.8) is 0 Å². The quantitative estimate of drug-likeness (QED) is 0.611. The van der Waals surface area contributed by atoms with Gasteiger partial charge in [0.2, 0.25) is 0 Å². The van der Waals surface area contributed by atoms with E-state index < -0.39 is 0 Å². The second-order valence-corrected chi connectivity index (χ2v) is 5.81. The zero-order valence-corrected chi connectivity index (χ0v) is 11.7. The molecule has 0 bridgehead atoms. The molecule has 0 aliphatic carbocycles. The number of carbonyl (C=O) groups excluding carboxylic acids is 1. The zero-order chi connectivity index (χ0) is 10.8. The van der Waals surface area contributed by atoms with Gasteiger partial charge in [0.25, 0.3) is 0 Å². The Hall–Kier alpha value is -0.513. The molecule has 0 N–H and O–H groups in total. The Labute approximate surface area is 89.2 Å². The van der Waals surface area contributed by atoms with E-state index in [9.17, 15) is 4.79 Å². The molecular formula is C10H21NO2Si. The second-order valence-electron chi connectivity index (χ2n) is 4.99. The predicted molar refractivity (Wildman–Crippen MR) is 60.7 cm³/mol. The third-order valence-electron chi connectivity index (χ3n) is 2.51. The van der Waals surface area contributed by atoms with E-state index >= 15 is 0 Å². The van der Waals surface area contributed by atoms with Crippen molar-refractivity contribution in [2.24, 2.45) is 5.92 Å². The van der Waals surface area contributed by atoms with Gasteiger partial charge in [0.05, 0.1) is 0 Å². The van der Waals surface area contributed by atoms with Gasteiger partial charge in [-0.25, -0.2) is 4.79 Å². The lowest BCUT2D eigenvalue weighted by atomic mass is 10.2. The van der Waals surface area contributed by atoms with E-state index in [2.05, 4.69) is 0 Å². The van der Waals surface area contributed by atoms with Crippen LogP contribution < -0.4 is 0 Å². The summed E-state index contributed by atoms with van der Waals surface area (Å²) in [5.41, 5.74) is -0.365. The molecule has 1 saturated heterocycles. The van der Waals surface area contributed by atoms with Crippen molar-refractivity contribution in [2.45, 2.75) is 38.8 Å². The largest absolute Gasteiger partial charge is 0.444 e. The number of rotatable bonds is 1. The molecule has 1 amide bonds. The van der Waals surface area contributed by atoms with Gasteiger partial charge in [0.1, 0.15) is 5.60 Å². The predicted octanol–water partition coefficient (Wildman–Crippen LogP) is 1.03. The molecule has 1 aliphatic heterocycles. The lowest BCUT2D eigenvalue weighted by Crippen LogP contribution is -2.35. The summed E-state index contributed by atoms with van der Waals surface area (Å²) in [4.78, 5) is 13.5. The maximum absolute atomic E-state index is 11.6. The summed E-state index contributed by atoms with van der Waals surface area (Å²) in [6.07, 6.45) is 1.01. The van der Waals surface area contributed by atoms with E-state index in [0.29, 0.717) is 0 Å². The zero-order valence-electron chi connectivity index (χ0n) is 9.67. The average molecular weight is 215 g/mol. The van der Waals surface area contributed by atoms with Gasteiger partial charge in [-0.05, 0) is 33.1 Å². The fraction of sp³-hybridized carbons (Fsp3) is 0.900. The average Bonchev–Trinajstić information content (AvgIpc) is 2.48. The van der Waals surface area contributed by atoms with Crippen LogP contribution in [0.15, 0.2) is 0 Å². The highest BCUT2D eigenvalue weighted by Crippen LogP contribution is 2.20. The fourth-order valence-electron chi connectivity index (χ4n) is 1.66. The Balaban J connectivity index is 2.40. The summed E-state index contributed by atoms with van der Waals surface area (Å²) in [6, 6.07) is 1.29. The maximum atomic E-state index is 11.6. The molecule has 0 saturated carbocycles. The van der Waals surface area contributed by atoms with E-state index in [1.54, 1.807) is 0 Å². The van der Waals surface area contributed by atoms with Crippen LogP contribution in [-0.2, 0) is 4.74 Å². The van der Waals surface area contributed by atoms with Gasteiger partial charge < -0.3 is 9.64 Å². The Morgan fingerprint density at radius 1 is 1.57 bits per heavy atom. The second kappa shape index (κ2) is 4.34. The smallest absolute Gasteiger partial charge is 0.410 e. The van der Waals surface area contributed by atoms with Crippen LogP contribution in [0.4, 0.5) is 4.79 Å². The Kier molecular flexibility index (Phi) is 3.58. The fourth-order valence-corrected chi connectivity index (χ4v) is 2.32. The number of amides is 1. The number of ether oxygens (including phenoxy) is 1. The van der Waals surface area contributed by atoms with E-state index in [0.717, 1.165) is 25.4 Å². The first-order valence-corrected chi connectivity index (χ1v) is 6.81. The monoisotopic (exact) mass is 215 g/mol. The topological polar surface area (TPSA) is 29.5 Å². The summed E-state index contributed by atoms with van der Waals surface area (Å²) < 4.78 is 5.31. The highest BCUT2D eigenvalue weighted by atomic mass is 28.1. The van der Waals surface area contributed by atoms with Crippen LogP contribution in [0, 0.1) is 5.92 Å². The van der Waals surface area contributed by atoms with Gasteiger partial charge in [-0.1, -0.05) is 6.04 Å². The number of nitrogens with zero attached hydrogens (tertiary/aromatic N) is 1. The van der Waals surface area contributed by atoms with Crippen LogP contribution in [0.2, 0.25) is 6.04 Å². The van der Waals surface area contributed by atoms with Crippen LogP contribution in [0.25, 0.3) is 0 Å². The number of likely N-dealkylation sites (tertiary alicyclic amines) is 1. The molecule has 0 aromatic heterocycles. The van der Waals surface area contributed by atoms with Gasteiger partial charge in [0.15, 0.2) is 0 Å². The van der Waals surface area contributed by atoms with Crippen LogP contribution in [-0.4, -0.2) is 39.9 Å². The molecular weight excluding hydrogens is 194 g/mol. The molecule has 1 aliphatic rings. The van der Waals surface area contributed by atoms with Gasteiger partial charge >= 0.3 is 6.09 Å². The minimum Gasteiger partial charge on any atom is -0.444 e. The van der Waals surface area contributed by atoms with Crippen molar-refractivity contribution in [2.75, 3.05) is 13.1 Å². The summed E-state index contributed by atoms with van der Waals surface area (Å²) in [5.74, 6) is 0.731.